The van der Waals surface area contributed by atoms with Crippen LogP contribution in [0.3, 0.4) is 0 Å². The third-order valence-corrected chi connectivity index (χ3v) is 11.1. The van der Waals surface area contributed by atoms with Crippen molar-refractivity contribution in [3.05, 3.63) is 81.6 Å². The molecule has 0 saturated carbocycles. The fourth-order valence-electron chi connectivity index (χ4n) is 6.80. The number of fused-ring (bicyclic) bond motifs is 2. The quantitative estimate of drug-likeness (QED) is 0.231. The van der Waals surface area contributed by atoms with Gasteiger partial charge in [-0.15, -0.1) is 5.10 Å². The number of aryl methyl sites for hydroxylation is 1. The molecule has 11 nitrogen and oxygen atoms in total. The highest BCUT2D eigenvalue weighted by atomic mass is 32.2. The van der Waals surface area contributed by atoms with Crippen LogP contribution in [0, 0.1) is 29.0 Å². The second-order valence-electron chi connectivity index (χ2n) is 12.7. The first-order valence-electron chi connectivity index (χ1n) is 15.7. The van der Waals surface area contributed by atoms with Gasteiger partial charge >= 0.3 is 5.76 Å². The van der Waals surface area contributed by atoms with Crippen LogP contribution < -0.4 is 5.76 Å². The second-order valence-corrected chi connectivity index (χ2v) is 14.6. The number of H-pyrrole nitrogens is 1. The summed E-state index contributed by atoms with van der Waals surface area (Å²) in [5, 5.41) is 16.3. The van der Waals surface area contributed by atoms with Gasteiger partial charge in [-0.05, 0) is 67.3 Å². The number of nitriles is 1. The first-order chi connectivity index (χ1) is 22.6. The SMILES string of the molecule is CC(C)[C@H]1CS(=O)(=O)c2c1nc(CCC1CCOCC1)c(-c1n[nH]c(=O)o1)c2-c1cnc2c(ccn2Cc2ccc(C#N)c(F)c2)c1. The summed E-state index contributed by atoms with van der Waals surface area (Å²) in [5.41, 5.74) is 3.68. The van der Waals surface area contributed by atoms with Gasteiger partial charge in [0.15, 0.2) is 9.84 Å². The molecule has 2 aliphatic rings. The maximum absolute atomic E-state index is 14.3. The van der Waals surface area contributed by atoms with Crippen LogP contribution in [0.5, 0.6) is 0 Å². The lowest BCUT2D eigenvalue weighted by atomic mass is 9.88. The van der Waals surface area contributed by atoms with E-state index >= 15 is 0 Å². The Morgan fingerprint density at radius 2 is 1.98 bits per heavy atom. The maximum Gasteiger partial charge on any atom is 0.434 e. The normalized spacial score (nSPS) is 17.7. The van der Waals surface area contributed by atoms with Crippen molar-refractivity contribution in [2.24, 2.45) is 11.8 Å². The second kappa shape index (κ2) is 12.2. The van der Waals surface area contributed by atoms with E-state index in [9.17, 15) is 17.6 Å². The Morgan fingerprint density at radius 1 is 1.17 bits per heavy atom. The number of halogens is 1. The van der Waals surface area contributed by atoms with Crippen LogP contribution in [-0.2, 0) is 27.5 Å². The van der Waals surface area contributed by atoms with E-state index in [-0.39, 0.29) is 33.9 Å². The molecule has 4 aromatic heterocycles. The summed E-state index contributed by atoms with van der Waals surface area (Å²) in [6.07, 6.45) is 6.65. The number of hydrogen-bond acceptors (Lipinski definition) is 9. The first kappa shape index (κ1) is 31.0. The number of hydrogen-bond donors (Lipinski definition) is 1. The lowest BCUT2D eigenvalue weighted by molar-refractivity contribution is 0.0639. The zero-order valence-corrected chi connectivity index (χ0v) is 26.8. The molecule has 0 amide bonds. The molecule has 242 valence electrons. The molecule has 0 spiro atoms. The number of sulfone groups is 1. The molecule has 1 N–H and O–H groups in total. The van der Waals surface area contributed by atoms with E-state index in [1.54, 1.807) is 12.3 Å². The number of rotatable bonds is 8. The summed E-state index contributed by atoms with van der Waals surface area (Å²) < 4.78 is 55.1. The fourth-order valence-corrected chi connectivity index (χ4v) is 9.03. The van der Waals surface area contributed by atoms with Crippen molar-refractivity contribution in [2.45, 2.75) is 56.9 Å². The highest BCUT2D eigenvalue weighted by Crippen LogP contribution is 2.48. The molecule has 1 atom stereocenters. The minimum Gasteiger partial charge on any atom is -0.388 e. The van der Waals surface area contributed by atoms with Crippen LogP contribution in [0.4, 0.5) is 4.39 Å². The number of aromatic amines is 1. The van der Waals surface area contributed by atoms with Crippen molar-refractivity contribution in [3.63, 3.8) is 0 Å². The molecule has 0 radical (unpaired) electrons. The van der Waals surface area contributed by atoms with Gasteiger partial charge in [-0.3, -0.25) is 4.98 Å². The van der Waals surface area contributed by atoms with Crippen molar-refractivity contribution in [1.29, 1.82) is 5.26 Å². The summed E-state index contributed by atoms with van der Waals surface area (Å²) in [6.45, 7) is 5.71. The van der Waals surface area contributed by atoms with Crippen molar-refractivity contribution < 1.29 is 22.0 Å². The largest absolute Gasteiger partial charge is 0.434 e. The van der Waals surface area contributed by atoms with Gasteiger partial charge in [-0.25, -0.2) is 27.7 Å². The summed E-state index contributed by atoms with van der Waals surface area (Å²) in [7, 11) is -3.78. The van der Waals surface area contributed by atoms with Gasteiger partial charge in [0.25, 0.3) is 5.89 Å². The van der Waals surface area contributed by atoms with E-state index in [2.05, 4.69) is 10.2 Å². The lowest BCUT2D eigenvalue weighted by Gasteiger charge is -2.23. The molecule has 2 aliphatic heterocycles. The average molecular weight is 657 g/mol. The molecule has 13 heteroatoms. The van der Waals surface area contributed by atoms with E-state index in [4.69, 9.17) is 24.4 Å². The standard InChI is InChI=1S/C34H33FN6O5S/c1-19(2)25-18-47(43,44)31-28(24-14-22-7-10-41(32(22)37-16-24)17-21-3-5-23(15-36)26(35)13-21)29(33-39-40-34(42)46-33)27(38-30(25)31)6-4-20-8-11-45-12-9-20/h3,5,7,10,13-14,16,19-20,25H,4,6,8-9,11-12,17-18H2,1-2H3,(H,40,42)/t25-/m1/s1. The number of pyridine rings is 2. The molecule has 1 fully saturated rings. The Labute approximate surface area is 270 Å². The van der Waals surface area contributed by atoms with E-state index in [0.717, 1.165) is 24.6 Å². The van der Waals surface area contributed by atoms with Gasteiger partial charge in [0, 0.05) is 54.6 Å². The van der Waals surface area contributed by atoms with Crippen LogP contribution in [0.2, 0.25) is 0 Å². The molecule has 0 unspecified atom stereocenters. The topological polar surface area (TPSA) is 157 Å². The zero-order chi connectivity index (χ0) is 32.9. The molecular formula is C34H33FN6O5S. The van der Waals surface area contributed by atoms with Crippen LogP contribution in [0.15, 0.2) is 56.8 Å². The van der Waals surface area contributed by atoms with Gasteiger partial charge in [0.1, 0.15) is 17.5 Å². The van der Waals surface area contributed by atoms with E-state index in [1.807, 2.05) is 42.8 Å². The van der Waals surface area contributed by atoms with Gasteiger partial charge < -0.3 is 13.7 Å². The first-order valence-corrected chi connectivity index (χ1v) is 17.3. The molecule has 7 rings (SSSR count). The molecule has 6 heterocycles. The summed E-state index contributed by atoms with van der Waals surface area (Å²) in [5.74, 6) is -1.30. The third-order valence-electron chi connectivity index (χ3n) is 9.30. The Morgan fingerprint density at radius 3 is 2.68 bits per heavy atom. The van der Waals surface area contributed by atoms with Gasteiger partial charge in [0.2, 0.25) is 0 Å². The highest BCUT2D eigenvalue weighted by molar-refractivity contribution is 7.92. The van der Waals surface area contributed by atoms with E-state index in [1.165, 1.54) is 12.1 Å². The van der Waals surface area contributed by atoms with Gasteiger partial charge in [-0.1, -0.05) is 19.9 Å². The number of nitrogens with zero attached hydrogens (tertiary/aromatic N) is 5. The van der Waals surface area contributed by atoms with Gasteiger partial charge in [-0.2, -0.15) is 5.26 Å². The molecule has 1 aromatic carbocycles. The Hall–Kier alpha value is -4.67. The minimum absolute atomic E-state index is 0.0191. The number of benzene rings is 1. The molecule has 5 aromatic rings. The maximum atomic E-state index is 14.3. The van der Waals surface area contributed by atoms with Crippen molar-refractivity contribution in [1.82, 2.24) is 24.7 Å². The Balaban J connectivity index is 1.40. The molecule has 1 saturated heterocycles. The Bertz CT molecular complexity index is 2210. The molecular weight excluding hydrogens is 623 g/mol. The van der Waals surface area contributed by atoms with Crippen LogP contribution in [0.25, 0.3) is 33.6 Å². The van der Waals surface area contributed by atoms with Crippen molar-refractivity contribution in [3.8, 4) is 28.7 Å². The molecule has 0 bridgehead atoms. The Kier molecular flexibility index (Phi) is 8.01. The third kappa shape index (κ3) is 5.76. The average Bonchev–Trinajstić information content (AvgIpc) is 3.74. The van der Waals surface area contributed by atoms with E-state index < -0.39 is 21.4 Å². The lowest BCUT2D eigenvalue weighted by Crippen LogP contribution is -2.17. The van der Waals surface area contributed by atoms with E-state index in [0.29, 0.717) is 71.4 Å². The number of nitrogens with one attached hydrogen (secondary N) is 1. The highest BCUT2D eigenvalue weighted by Gasteiger charge is 2.43. The summed E-state index contributed by atoms with van der Waals surface area (Å²) >= 11 is 0. The van der Waals surface area contributed by atoms with Gasteiger partial charge in [0.05, 0.1) is 33.2 Å². The fraction of sp³-hybridized carbons (Fsp3) is 0.382. The monoisotopic (exact) mass is 656 g/mol. The zero-order valence-electron chi connectivity index (χ0n) is 26.0. The smallest absolute Gasteiger partial charge is 0.388 e. The molecule has 47 heavy (non-hydrogen) atoms. The van der Waals surface area contributed by atoms with Crippen LogP contribution >= 0.6 is 0 Å². The van der Waals surface area contributed by atoms with Crippen LogP contribution in [-0.4, -0.2) is 52.1 Å². The predicted molar refractivity (Wildman–Crippen MR) is 171 cm³/mol. The number of ether oxygens (including phenoxy) is 1. The summed E-state index contributed by atoms with van der Waals surface area (Å²) in [4.78, 5) is 22.1. The summed E-state index contributed by atoms with van der Waals surface area (Å²) in [6, 6.07) is 10.0. The van der Waals surface area contributed by atoms with Crippen molar-refractivity contribution >= 4 is 20.9 Å². The number of aromatic nitrogens is 5. The van der Waals surface area contributed by atoms with Crippen LogP contribution in [0.1, 0.15) is 61.5 Å². The minimum atomic E-state index is -3.78. The predicted octanol–water partition coefficient (Wildman–Crippen LogP) is 5.39. The van der Waals surface area contributed by atoms with Crippen molar-refractivity contribution in [2.75, 3.05) is 19.0 Å². The molecule has 0 aliphatic carbocycles.